The highest BCUT2D eigenvalue weighted by atomic mass is 32.2. The molecule has 13 heteroatoms. The second-order valence-electron chi connectivity index (χ2n) is 7.50. The highest BCUT2D eigenvalue weighted by molar-refractivity contribution is 7.81. The monoisotopic (exact) mass is 477 g/mol. The molecular weight excluding hydrogens is 452 g/mol. The van der Waals surface area contributed by atoms with Crippen molar-refractivity contribution < 1.29 is 13.0 Å². The number of imidazole rings is 1. The third-order valence-electron chi connectivity index (χ3n) is 5.22. The summed E-state index contributed by atoms with van der Waals surface area (Å²) in [5, 5.41) is 15.1. The molecule has 5 rings (SSSR count). The molecule has 4 aromatic heterocycles. The van der Waals surface area contributed by atoms with Gasteiger partial charge in [0.2, 0.25) is 5.95 Å². The van der Waals surface area contributed by atoms with E-state index in [1.165, 1.54) is 10.6 Å². The first-order chi connectivity index (χ1) is 15.8. The van der Waals surface area contributed by atoms with Crippen LogP contribution in [0.15, 0.2) is 36.8 Å². The molecule has 0 aromatic carbocycles. The van der Waals surface area contributed by atoms with Crippen LogP contribution in [0, 0.1) is 0 Å². The largest absolute Gasteiger partial charge is 0.371 e. The standard InChI is InChI=1S/C14H14N8.C6H11F2NOS/c1-15-13-12-9(5-7-22(12)20-14(16-2)18-13)10-3-4-11-17-6-8-21(11)19-10;1-11(10)9-4-2-3-6(7,8)5-9/h3-8H,1-2H3,(H2,15,16,18,20);2-5H2,1H3. The Labute approximate surface area is 191 Å². The van der Waals surface area contributed by atoms with E-state index in [9.17, 15) is 13.0 Å². The van der Waals surface area contributed by atoms with E-state index >= 15 is 0 Å². The molecule has 4 aromatic rings. The summed E-state index contributed by atoms with van der Waals surface area (Å²) < 4.78 is 40.9. The van der Waals surface area contributed by atoms with Crippen molar-refractivity contribution in [2.24, 2.45) is 0 Å². The molecule has 0 saturated carbocycles. The maximum absolute atomic E-state index is 12.6. The quantitative estimate of drug-likeness (QED) is 0.465. The van der Waals surface area contributed by atoms with Gasteiger partial charge in [-0.25, -0.2) is 31.3 Å². The number of alkyl halides is 2. The number of nitrogens with one attached hydrogen (secondary N) is 2. The third-order valence-corrected chi connectivity index (χ3v) is 6.26. The van der Waals surface area contributed by atoms with Gasteiger partial charge in [-0.3, -0.25) is 0 Å². The lowest BCUT2D eigenvalue weighted by Gasteiger charge is -2.30. The van der Waals surface area contributed by atoms with E-state index in [2.05, 4.69) is 30.8 Å². The van der Waals surface area contributed by atoms with Crippen LogP contribution in [-0.4, -0.2) is 77.1 Å². The Bertz CT molecular complexity index is 1290. The van der Waals surface area contributed by atoms with Gasteiger partial charge in [-0.05, 0) is 24.6 Å². The molecule has 33 heavy (non-hydrogen) atoms. The van der Waals surface area contributed by atoms with Gasteiger partial charge < -0.3 is 10.6 Å². The Balaban J connectivity index is 0.000000200. The third kappa shape index (κ3) is 4.93. The van der Waals surface area contributed by atoms with Gasteiger partial charge in [-0.2, -0.15) is 10.1 Å². The van der Waals surface area contributed by atoms with E-state index in [-0.39, 0.29) is 13.0 Å². The predicted octanol–water partition coefficient (Wildman–Crippen LogP) is 2.53. The number of aromatic nitrogens is 6. The van der Waals surface area contributed by atoms with Gasteiger partial charge >= 0.3 is 0 Å². The zero-order chi connectivity index (χ0) is 23.6. The van der Waals surface area contributed by atoms with Gasteiger partial charge in [0.1, 0.15) is 5.52 Å². The minimum atomic E-state index is -2.64. The molecule has 1 atom stereocenters. The molecule has 1 saturated heterocycles. The number of rotatable bonds is 4. The van der Waals surface area contributed by atoms with Crippen LogP contribution in [0.4, 0.5) is 20.5 Å². The van der Waals surface area contributed by atoms with Crippen molar-refractivity contribution in [1.82, 2.24) is 33.5 Å². The van der Waals surface area contributed by atoms with Crippen LogP contribution in [0.5, 0.6) is 0 Å². The van der Waals surface area contributed by atoms with E-state index in [0.717, 1.165) is 28.2 Å². The Morgan fingerprint density at radius 3 is 2.58 bits per heavy atom. The summed E-state index contributed by atoms with van der Waals surface area (Å²) in [5.41, 5.74) is 3.50. The molecule has 1 fully saturated rings. The summed E-state index contributed by atoms with van der Waals surface area (Å²) in [4.78, 5) is 8.66. The van der Waals surface area contributed by atoms with Crippen molar-refractivity contribution in [3.05, 3.63) is 36.8 Å². The average Bonchev–Trinajstić information content (AvgIpc) is 3.44. The first kappa shape index (κ1) is 23.0. The molecule has 1 unspecified atom stereocenters. The fourth-order valence-corrected chi connectivity index (χ4v) is 4.38. The van der Waals surface area contributed by atoms with Crippen LogP contribution < -0.4 is 10.6 Å². The molecule has 1 aliphatic heterocycles. The molecule has 0 spiro atoms. The van der Waals surface area contributed by atoms with Crippen molar-refractivity contribution in [2.75, 3.05) is 44.1 Å². The second-order valence-corrected chi connectivity index (χ2v) is 8.87. The van der Waals surface area contributed by atoms with Crippen LogP contribution >= 0.6 is 0 Å². The maximum Gasteiger partial charge on any atom is 0.261 e. The molecule has 0 amide bonds. The van der Waals surface area contributed by atoms with Gasteiger partial charge in [0.15, 0.2) is 11.5 Å². The number of hydrogen-bond acceptors (Lipinski definition) is 7. The number of hydrogen-bond donors (Lipinski definition) is 2. The Kier molecular flexibility index (Phi) is 6.51. The zero-order valence-electron chi connectivity index (χ0n) is 18.5. The fourth-order valence-electron chi connectivity index (χ4n) is 3.62. The van der Waals surface area contributed by atoms with Gasteiger partial charge in [-0.15, -0.1) is 5.10 Å². The molecule has 1 aliphatic rings. The first-order valence-corrected chi connectivity index (χ1v) is 11.8. The molecule has 0 bridgehead atoms. The summed E-state index contributed by atoms with van der Waals surface area (Å²) in [6.45, 7) is 0.175. The Hall–Kier alpha value is -3.19. The van der Waals surface area contributed by atoms with Crippen molar-refractivity contribution >= 4 is 33.9 Å². The lowest BCUT2D eigenvalue weighted by atomic mass is 10.1. The van der Waals surface area contributed by atoms with Crippen molar-refractivity contribution in [3.63, 3.8) is 0 Å². The normalized spacial score (nSPS) is 16.9. The summed E-state index contributed by atoms with van der Waals surface area (Å²) in [6.07, 6.45) is 7.25. The first-order valence-electron chi connectivity index (χ1n) is 10.3. The summed E-state index contributed by atoms with van der Waals surface area (Å²) in [5.74, 6) is -1.34. The smallest absolute Gasteiger partial charge is 0.261 e. The van der Waals surface area contributed by atoms with Crippen molar-refractivity contribution in [1.29, 1.82) is 0 Å². The lowest BCUT2D eigenvalue weighted by Crippen LogP contribution is -2.42. The number of nitrogens with zero attached hydrogens (tertiary/aromatic N) is 7. The number of halogens is 2. The molecule has 0 aliphatic carbocycles. The van der Waals surface area contributed by atoms with E-state index in [1.807, 2.05) is 37.6 Å². The van der Waals surface area contributed by atoms with Crippen molar-refractivity contribution in [3.8, 4) is 11.3 Å². The van der Waals surface area contributed by atoms with E-state index < -0.39 is 16.9 Å². The molecular formula is C20H25F2N9OS. The number of piperidine rings is 1. The Morgan fingerprint density at radius 2 is 1.91 bits per heavy atom. The number of fused-ring (bicyclic) bond motifs is 2. The van der Waals surface area contributed by atoms with Crippen LogP contribution in [0.2, 0.25) is 0 Å². The molecule has 0 radical (unpaired) electrons. The van der Waals surface area contributed by atoms with Crippen molar-refractivity contribution in [2.45, 2.75) is 18.8 Å². The van der Waals surface area contributed by atoms with Gasteiger partial charge in [0, 0.05) is 57.5 Å². The Morgan fingerprint density at radius 1 is 1.09 bits per heavy atom. The summed E-state index contributed by atoms with van der Waals surface area (Å²) in [6, 6.07) is 5.87. The predicted molar refractivity (Wildman–Crippen MR) is 124 cm³/mol. The van der Waals surface area contributed by atoms with E-state index in [4.69, 9.17) is 0 Å². The second kappa shape index (κ2) is 9.35. The summed E-state index contributed by atoms with van der Waals surface area (Å²) in [7, 11) is 2.38. The van der Waals surface area contributed by atoms with Crippen LogP contribution in [-0.2, 0) is 11.0 Å². The fraction of sp³-hybridized carbons (Fsp3) is 0.400. The van der Waals surface area contributed by atoms with E-state index in [0.29, 0.717) is 18.9 Å². The molecule has 2 N–H and O–H groups in total. The average molecular weight is 478 g/mol. The number of anilines is 2. The molecule has 176 valence electrons. The van der Waals surface area contributed by atoms with Gasteiger partial charge in [-0.1, -0.05) is 0 Å². The minimum absolute atomic E-state index is 0.0688. The van der Waals surface area contributed by atoms with E-state index in [1.54, 1.807) is 22.3 Å². The zero-order valence-corrected chi connectivity index (χ0v) is 19.3. The van der Waals surface area contributed by atoms with Gasteiger partial charge in [0.25, 0.3) is 5.92 Å². The minimum Gasteiger partial charge on any atom is -0.371 e. The molecule has 10 nitrogen and oxygen atoms in total. The summed E-state index contributed by atoms with van der Waals surface area (Å²) >= 11 is 0. The molecule has 5 heterocycles. The highest BCUT2D eigenvalue weighted by Gasteiger charge is 2.36. The lowest BCUT2D eigenvalue weighted by molar-refractivity contribution is -0.0421. The topological polar surface area (TPSA) is 105 Å². The maximum atomic E-state index is 12.6. The SMILES string of the molecule is CNc1nc(NC)c2c(-c3ccc4nccn4n3)ccn2n1.CS(=O)N1CCCC(F)(F)C1. The highest BCUT2D eigenvalue weighted by Crippen LogP contribution is 2.29. The van der Waals surface area contributed by atoms with Gasteiger partial charge in [0.05, 0.1) is 23.2 Å². The van der Waals surface area contributed by atoms with Crippen LogP contribution in [0.3, 0.4) is 0 Å². The van der Waals surface area contributed by atoms with Crippen LogP contribution in [0.1, 0.15) is 12.8 Å². The van der Waals surface area contributed by atoms with Crippen LogP contribution in [0.25, 0.3) is 22.4 Å².